The van der Waals surface area contributed by atoms with Crippen LogP contribution in [0.4, 0.5) is 0 Å². The largest absolute Gasteiger partial charge is 0.350 e. The van der Waals surface area contributed by atoms with E-state index in [-0.39, 0.29) is 17.7 Å². The maximum Gasteiger partial charge on any atom is 0.223 e. The van der Waals surface area contributed by atoms with E-state index in [4.69, 9.17) is 0 Å². The fourth-order valence-corrected chi connectivity index (χ4v) is 4.50. The summed E-state index contributed by atoms with van der Waals surface area (Å²) in [5.74, 6) is 0.365. The van der Waals surface area contributed by atoms with Gasteiger partial charge in [-0.1, -0.05) is 48.5 Å². The van der Waals surface area contributed by atoms with Gasteiger partial charge in [0.2, 0.25) is 11.8 Å². The third-order valence-electron chi connectivity index (χ3n) is 6.19. The monoisotopic (exact) mass is 403 g/mol. The Bertz CT molecular complexity index is 1030. The molecule has 1 aromatic heterocycles. The van der Waals surface area contributed by atoms with Gasteiger partial charge in [-0.05, 0) is 29.5 Å². The minimum atomic E-state index is 0.0832. The highest BCUT2D eigenvalue weighted by Crippen LogP contribution is 2.32. The second-order valence-corrected chi connectivity index (χ2v) is 8.19. The van der Waals surface area contributed by atoms with Crippen molar-refractivity contribution < 1.29 is 9.59 Å². The molecule has 1 aliphatic heterocycles. The zero-order valence-electron chi connectivity index (χ0n) is 17.8. The van der Waals surface area contributed by atoms with Gasteiger partial charge in [-0.2, -0.15) is 0 Å². The third kappa shape index (κ3) is 4.25. The van der Waals surface area contributed by atoms with Crippen LogP contribution in [0.3, 0.4) is 0 Å². The maximum atomic E-state index is 13.2. The summed E-state index contributed by atoms with van der Waals surface area (Å²) in [7, 11) is 2.06. The van der Waals surface area contributed by atoms with E-state index in [0.29, 0.717) is 32.6 Å². The van der Waals surface area contributed by atoms with Crippen molar-refractivity contribution in [2.45, 2.75) is 25.7 Å². The molecule has 156 valence electrons. The van der Waals surface area contributed by atoms with Crippen LogP contribution in [-0.4, -0.2) is 52.4 Å². The molecule has 0 radical (unpaired) electrons. The molecule has 0 bridgehead atoms. The molecule has 1 fully saturated rings. The number of carbonyl (C=O) groups is 2. The average molecular weight is 404 g/mol. The Morgan fingerprint density at radius 3 is 2.23 bits per heavy atom. The van der Waals surface area contributed by atoms with Crippen molar-refractivity contribution in [3.05, 3.63) is 71.9 Å². The van der Waals surface area contributed by atoms with Crippen molar-refractivity contribution in [1.29, 1.82) is 0 Å². The van der Waals surface area contributed by atoms with Gasteiger partial charge in [-0.25, -0.2) is 0 Å². The van der Waals surface area contributed by atoms with Crippen LogP contribution in [0.5, 0.6) is 0 Å². The van der Waals surface area contributed by atoms with Crippen LogP contribution in [0, 0.1) is 0 Å². The zero-order chi connectivity index (χ0) is 21.1. The van der Waals surface area contributed by atoms with E-state index in [0.717, 1.165) is 6.42 Å². The van der Waals surface area contributed by atoms with Crippen molar-refractivity contribution >= 4 is 22.7 Å². The first-order valence-corrected chi connectivity index (χ1v) is 10.6. The number of piperazine rings is 1. The lowest BCUT2D eigenvalue weighted by molar-refractivity contribution is -0.138. The third-order valence-corrected chi connectivity index (χ3v) is 6.19. The van der Waals surface area contributed by atoms with Crippen molar-refractivity contribution in [3.63, 3.8) is 0 Å². The molecule has 1 unspecified atom stereocenters. The van der Waals surface area contributed by atoms with E-state index in [1.807, 2.05) is 15.9 Å². The number of nitrogens with zero attached hydrogens (tertiary/aromatic N) is 3. The number of fused-ring (bicyclic) bond motifs is 1. The first kappa shape index (κ1) is 20.2. The standard InChI is InChI=1S/C25H29N3O2/c1-19(29)27-12-14-28(15-13-27)25(30)17-21(16-20-8-4-3-5-9-20)23-18-26(2)24-11-7-6-10-22(23)24/h3-11,18,21H,12-17H2,1-2H3. The predicted octanol–water partition coefficient (Wildman–Crippen LogP) is 3.59. The smallest absolute Gasteiger partial charge is 0.223 e. The fraction of sp³-hybridized carbons (Fsp3) is 0.360. The molecule has 3 aromatic rings. The van der Waals surface area contributed by atoms with E-state index in [1.54, 1.807) is 6.92 Å². The number of carbonyl (C=O) groups excluding carboxylic acids is 2. The zero-order valence-corrected chi connectivity index (χ0v) is 17.8. The van der Waals surface area contributed by atoms with E-state index >= 15 is 0 Å². The summed E-state index contributed by atoms with van der Waals surface area (Å²) in [4.78, 5) is 28.5. The van der Waals surface area contributed by atoms with Gasteiger partial charge in [0.05, 0.1) is 0 Å². The Balaban J connectivity index is 1.58. The second-order valence-electron chi connectivity index (χ2n) is 8.19. The van der Waals surface area contributed by atoms with Crippen molar-refractivity contribution in [2.75, 3.05) is 26.2 Å². The van der Waals surface area contributed by atoms with Crippen LogP contribution in [0.25, 0.3) is 10.9 Å². The number of benzene rings is 2. The number of hydrogen-bond donors (Lipinski definition) is 0. The van der Waals surface area contributed by atoms with Gasteiger partial charge in [-0.3, -0.25) is 9.59 Å². The average Bonchev–Trinajstić information content (AvgIpc) is 3.11. The maximum absolute atomic E-state index is 13.2. The van der Waals surface area contributed by atoms with Crippen molar-refractivity contribution in [1.82, 2.24) is 14.4 Å². The molecule has 0 aliphatic carbocycles. The molecule has 2 heterocycles. The molecule has 0 N–H and O–H groups in total. The van der Waals surface area contributed by atoms with Crippen LogP contribution in [0.2, 0.25) is 0 Å². The van der Waals surface area contributed by atoms with Crippen LogP contribution in [-0.2, 0) is 23.1 Å². The first-order chi connectivity index (χ1) is 14.5. The number of aryl methyl sites for hydroxylation is 1. The summed E-state index contributed by atoms with van der Waals surface area (Å²) in [6, 6.07) is 18.8. The molecule has 2 amide bonds. The number of amides is 2. The molecule has 1 aliphatic rings. The highest BCUT2D eigenvalue weighted by atomic mass is 16.2. The van der Waals surface area contributed by atoms with Gasteiger partial charge >= 0.3 is 0 Å². The van der Waals surface area contributed by atoms with Crippen LogP contribution in [0.1, 0.15) is 30.4 Å². The molecule has 2 aromatic carbocycles. The Morgan fingerprint density at radius 1 is 0.900 bits per heavy atom. The summed E-state index contributed by atoms with van der Waals surface area (Å²) in [6.45, 7) is 4.07. The van der Waals surface area contributed by atoms with Crippen LogP contribution >= 0.6 is 0 Å². The Kier molecular flexibility index (Phi) is 5.88. The Labute approximate surface area is 177 Å². The summed E-state index contributed by atoms with van der Waals surface area (Å²) in [5.41, 5.74) is 3.66. The Morgan fingerprint density at radius 2 is 1.53 bits per heavy atom. The number of para-hydroxylation sites is 1. The number of rotatable bonds is 5. The topological polar surface area (TPSA) is 45.6 Å². The van der Waals surface area contributed by atoms with Crippen molar-refractivity contribution in [3.8, 4) is 0 Å². The molecule has 4 rings (SSSR count). The highest BCUT2D eigenvalue weighted by Gasteiger charge is 2.26. The lowest BCUT2D eigenvalue weighted by atomic mass is 9.88. The summed E-state index contributed by atoms with van der Waals surface area (Å²) >= 11 is 0. The lowest BCUT2D eigenvalue weighted by Crippen LogP contribution is -2.50. The van der Waals surface area contributed by atoms with Gasteiger partial charge in [0, 0.05) is 63.7 Å². The first-order valence-electron chi connectivity index (χ1n) is 10.6. The van der Waals surface area contributed by atoms with E-state index in [1.165, 1.54) is 22.0 Å². The fourth-order valence-electron chi connectivity index (χ4n) is 4.50. The van der Waals surface area contributed by atoms with Crippen LogP contribution in [0.15, 0.2) is 60.8 Å². The Hall–Kier alpha value is -3.08. The SMILES string of the molecule is CC(=O)N1CCN(C(=O)CC(Cc2ccccc2)c2cn(C)c3ccccc23)CC1. The second kappa shape index (κ2) is 8.74. The van der Waals surface area contributed by atoms with Gasteiger partial charge in [0.15, 0.2) is 0 Å². The minimum Gasteiger partial charge on any atom is -0.350 e. The summed E-state index contributed by atoms with van der Waals surface area (Å²) < 4.78 is 2.15. The number of aromatic nitrogens is 1. The van der Waals surface area contributed by atoms with Gasteiger partial charge < -0.3 is 14.4 Å². The van der Waals surface area contributed by atoms with Crippen LogP contribution < -0.4 is 0 Å². The van der Waals surface area contributed by atoms with E-state index < -0.39 is 0 Å². The van der Waals surface area contributed by atoms with Gasteiger partial charge in [0.25, 0.3) is 0 Å². The normalized spacial score (nSPS) is 15.4. The summed E-state index contributed by atoms with van der Waals surface area (Å²) in [6.07, 6.45) is 3.48. The lowest BCUT2D eigenvalue weighted by Gasteiger charge is -2.35. The molecule has 1 saturated heterocycles. The molecule has 0 saturated carbocycles. The van der Waals surface area contributed by atoms with Gasteiger partial charge in [-0.15, -0.1) is 0 Å². The molecular weight excluding hydrogens is 374 g/mol. The molecule has 5 nitrogen and oxygen atoms in total. The van der Waals surface area contributed by atoms with E-state index in [2.05, 4.69) is 66.3 Å². The molecule has 1 atom stereocenters. The van der Waals surface area contributed by atoms with Crippen molar-refractivity contribution in [2.24, 2.45) is 7.05 Å². The molecular formula is C25H29N3O2. The summed E-state index contributed by atoms with van der Waals surface area (Å²) in [5, 5.41) is 1.22. The number of hydrogen-bond acceptors (Lipinski definition) is 2. The predicted molar refractivity (Wildman–Crippen MR) is 119 cm³/mol. The van der Waals surface area contributed by atoms with E-state index in [9.17, 15) is 9.59 Å². The molecule has 30 heavy (non-hydrogen) atoms. The highest BCUT2D eigenvalue weighted by molar-refractivity contribution is 5.86. The quantitative estimate of drug-likeness (QED) is 0.654. The molecule has 0 spiro atoms. The molecule has 5 heteroatoms. The minimum absolute atomic E-state index is 0.0832. The van der Waals surface area contributed by atoms with Gasteiger partial charge in [0.1, 0.15) is 0 Å².